The Hall–Kier alpha value is -2.69. The fraction of sp³-hybridized carbons (Fsp3) is 0.133. The van der Waals surface area contributed by atoms with Gasteiger partial charge in [-0.2, -0.15) is 0 Å². The lowest BCUT2D eigenvalue weighted by molar-refractivity contribution is 0.0697. The second kappa shape index (κ2) is 5.97. The lowest BCUT2D eigenvalue weighted by Gasteiger charge is -2.10. The van der Waals surface area contributed by atoms with Crippen LogP contribution in [0.15, 0.2) is 42.5 Å². The van der Waals surface area contributed by atoms with Crippen molar-refractivity contribution in [2.24, 2.45) is 0 Å². The molecular formula is C15H16N2O3. The molecule has 0 unspecified atom stereocenters. The zero-order valence-electron chi connectivity index (χ0n) is 11.1. The van der Waals surface area contributed by atoms with Crippen LogP contribution in [0, 0.1) is 0 Å². The van der Waals surface area contributed by atoms with E-state index in [-0.39, 0.29) is 5.56 Å². The van der Waals surface area contributed by atoms with Crippen LogP contribution in [0.4, 0.5) is 11.4 Å². The first-order valence-corrected chi connectivity index (χ1v) is 6.10. The van der Waals surface area contributed by atoms with Gasteiger partial charge in [0, 0.05) is 6.54 Å². The molecule has 0 aromatic heterocycles. The summed E-state index contributed by atoms with van der Waals surface area (Å²) in [6, 6.07) is 12.3. The fourth-order valence-corrected chi connectivity index (χ4v) is 1.80. The summed E-state index contributed by atoms with van der Waals surface area (Å²) in [5.74, 6) is -0.183. The summed E-state index contributed by atoms with van der Waals surface area (Å²) >= 11 is 0. The van der Waals surface area contributed by atoms with Gasteiger partial charge >= 0.3 is 5.97 Å². The number of anilines is 2. The van der Waals surface area contributed by atoms with Crippen LogP contribution in [-0.2, 0) is 6.54 Å². The van der Waals surface area contributed by atoms with Gasteiger partial charge in [0.25, 0.3) is 0 Å². The number of hydrogen-bond donors (Lipinski definition) is 3. The number of nitrogen functional groups attached to an aromatic ring is 1. The highest BCUT2D eigenvalue weighted by Crippen LogP contribution is 2.21. The number of aromatic carboxylic acids is 1. The van der Waals surface area contributed by atoms with Crippen molar-refractivity contribution in [1.29, 1.82) is 0 Å². The number of methoxy groups -OCH3 is 1. The van der Waals surface area contributed by atoms with Gasteiger partial charge in [0.2, 0.25) is 0 Å². The van der Waals surface area contributed by atoms with Crippen molar-refractivity contribution in [2.45, 2.75) is 6.54 Å². The van der Waals surface area contributed by atoms with Crippen LogP contribution in [0.5, 0.6) is 5.75 Å². The van der Waals surface area contributed by atoms with Crippen molar-refractivity contribution < 1.29 is 14.6 Å². The molecule has 0 fully saturated rings. The number of nitrogens with one attached hydrogen (secondary N) is 1. The van der Waals surface area contributed by atoms with Crippen molar-refractivity contribution in [1.82, 2.24) is 0 Å². The number of hydrogen-bond acceptors (Lipinski definition) is 4. The van der Waals surface area contributed by atoms with Crippen molar-refractivity contribution in [2.75, 3.05) is 18.2 Å². The lowest BCUT2D eigenvalue weighted by atomic mass is 10.1. The molecule has 0 amide bonds. The monoisotopic (exact) mass is 272 g/mol. The normalized spacial score (nSPS) is 10.1. The minimum atomic E-state index is -0.988. The van der Waals surface area contributed by atoms with Crippen molar-refractivity contribution in [3.8, 4) is 5.75 Å². The van der Waals surface area contributed by atoms with Gasteiger partial charge in [-0.05, 0) is 35.9 Å². The Kier molecular flexibility index (Phi) is 4.10. The Balaban J connectivity index is 2.04. The van der Waals surface area contributed by atoms with E-state index in [0.717, 1.165) is 11.3 Å². The molecule has 2 aromatic carbocycles. The summed E-state index contributed by atoms with van der Waals surface area (Å²) in [5, 5.41) is 12.0. The van der Waals surface area contributed by atoms with E-state index in [1.54, 1.807) is 13.2 Å². The second-order valence-corrected chi connectivity index (χ2v) is 4.31. The van der Waals surface area contributed by atoms with Crippen LogP contribution in [0.3, 0.4) is 0 Å². The van der Waals surface area contributed by atoms with Crippen molar-refractivity contribution >= 4 is 17.3 Å². The zero-order chi connectivity index (χ0) is 14.5. The van der Waals surface area contributed by atoms with E-state index in [1.807, 2.05) is 24.3 Å². The Labute approximate surface area is 117 Å². The van der Waals surface area contributed by atoms with Crippen LogP contribution in [0.2, 0.25) is 0 Å². The molecule has 0 bridgehead atoms. The van der Waals surface area contributed by atoms with Crippen LogP contribution in [0.1, 0.15) is 15.9 Å². The number of carboxylic acids is 1. The SMILES string of the molecule is COc1ccc(CNc2ccc(C(=O)O)cc2N)cc1. The molecule has 0 saturated heterocycles. The minimum Gasteiger partial charge on any atom is -0.497 e. The van der Waals surface area contributed by atoms with Gasteiger partial charge < -0.3 is 20.9 Å². The Morgan fingerprint density at radius 1 is 1.25 bits per heavy atom. The van der Waals surface area contributed by atoms with Crippen molar-refractivity contribution in [3.05, 3.63) is 53.6 Å². The largest absolute Gasteiger partial charge is 0.497 e. The van der Waals surface area contributed by atoms with Gasteiger partial charge in [-0.25, -0.2) is 4.79 Å². The third-order valence-electron chi connectivity index (χ3n) is 2.94. The van der Waals surface area contributed by atoms with Gasteiger partial charge in [0.05, 0.1) is 24.0 Å². The first-order chi connectivity index (χ1) is 9.60. The van der Waals surface area contributed by atoms with E-state index in [9.17, 15) is 4.79 Å². The number of carbonyl (C=O) groups is 1. The van der Waals surface area contributed by atoms with Crippen LogP contribution in [0.25, 0.3) is 0 Å². The number of carboxylic acid groups (broad SMARTS) is 1. The highest BCUT2D eigenvalue weighted by atomic mass is 16.5. The second-order valence-electron chi connectivity index (χ2n) is 4.31. The lowest BCUT2D eigenvalue weighted by Crippen LogP contribution is -2.04. The summed E-state index contributed by atoms with van der Waals surface area (Å²) < 4.78 is 5.09. The minimum absolute atomic E-state index is 0.178. The molecule has 20 heavy (non-hydrogen) atoms. The van der Waals surface area contributed by atoms with Gasteiger partial charge in [0.1, 0.15) is 5.75 Å². The number of rotatable bonds is 5. The molecule has 104 valence electrons. The first kappa shape index (κ1) is 13.7. The molecule has 0 saturated carbocycles. The van der Waals surface area contributed by atoms with Crippen LogP contribution < -0.4 is 15.8 Å². The number of nitrogens with two attached hydrogens (primary N) is 1. The van der Waals surface area contributed by atoms with E-state index < -0.39 is 5.97 Å². The predicted octanol–water partition coefficient (Wildman–Crippen LogP) is 2.59. The molecule has 0 aliphatic rings. The molecule has 5 heteroatoms. The van der Waals surface area contributed by atoms with E-state index in [2.05, 4.69) is 5.32 Å². The highest BCUT2D eigenvalue weighted by molar-refractivity contribution is 5.90. The maximum Gasteiger partial charge on any atom is 0.335 e. The van der Waals surface area contributed by atoms with Crippen LogP contribution in [-0.4, -0.2) is 18.2 Å². The average Bonchev–Trinajstić information content (AvgIpc) is 2.46. The third kappa shape index (κ3) is 3.20. The standard InChI is InChI=1S/C15H16N2O3/c1-20-12-5-2-10(3-6-12)9-17-14-7-4-11(15(18)19)8-13(14)16/h2-8,17H,9,16H2,1H3,(H,18,19). The first-order valence-electron chi connectivity index (χ1n) is 6.10. The Morgan fingerprint density at radius 3 is 2.50 bits per heavy atom. The third-order valence-corrected chi connectivity index (χ3v) is 2.94. The molecule has 0 spiro atoms. The number of ether oxygens (including phenoxy) is 1. The van der Waals surface area contributed by atoms with Gasteiger partial charge in [0.15, 0.2) is 0 Å². The van der Waals surface area contributed by atoms with Gasteiger partial charge in [-0.1, -0.05) is 12.1 Å². The quantitative estimate of drug-likeness (QED) is 0.728. The Morgan fingerprint density at radius 2 is 1.95 bits per heavy atom. The van der Waals surface area contributed by atoms with Crippen LogP contribution >= 0.6 is 0 Å². The maximum atomic E-state index is 10.8. The van der Waals surface area contributed by atoms with Gasteiger partial charge in [-0.3, -0.25) is 0 Å². The van der Waals surface area contributed by atoms with E-state index in [1.165, 1.54) is 12.1 Å². The fourth-order valence-electron chi connectivity index (χ4n) is 1.80. The average molecular weight is 272 g/mol. The summed E-state index contributed by atoms with van der Waals surface area (Å²) in [6.45, 7) is 0.598. The zero-order valence-corrected chi connectivity index (χ0v) is 11.1. The van der Waals surface area contributed by atoms with Gasteiger partial charge in [-0.15, -0.1) is 0 Å². The summed E-state index contributed by atoms with van der Waals surface area (Å²) in [6.07, 6.45) is 0. The molecule has 0 atom stereocenters. The highest BCUT2D eigenvalue weighted by Gasteiger charge is 2.06. The van der Waals surface area contributed by atoms with E-state index >= 15 is 0 Å². The summed E-state index contributed by atoms with van der Waals surface area (Å²) in [7, 11) is 1.62. The van der Waals surface area contributed by atoms with Crippen molar-refractivity contribution in [3.63, 3.8) is 0 Å². The van der Waals surface area contributed by atoms with E-state index in [4.69, 9.17) is 15.6 Å². The molecular weight excluding hydrogens is 256 g/mol. The molecule has 0 radical (unpaired) electrons. The molecule has 0 heterocycles. The molecule has 4 N–H and O–H groups in total. The summed E-state index contributed by atoms with van der Waals surface area (Å²) in [5.41, 5.74) is 8.21. The molecule has 2 rings (SSSR count). The maximum absolute atomic E-state index is 10.8. The Bertz CT molecular complexity index is 609. The summed E-state index contributed by atoms with van der Waals surface area (Å²) in [4.78, 5) is 10.8. The smallest absolute Gasteiger partial charge is 0.335 e. The topological polar surface area (TPSA) is 84.6 Å². The predicted molar refractivity (Wildman–Crippen MR) is 78.1 cm³/mol. The molecule has 5 nitrogen and oxygen atoms in total. The number of benzene rings is 2. The molecule has 0 aliphatic heterocycles. The molecule has 0 aliphatic carbocycles. The molecule has 2 aromatic rings. The van der Waals surface area contributed by atoms with E-state index in [0.29, 0.717) is 17.9 Å².